The van der Waals surface area contributed by atoms with Crippen LogP contribution in [0.1, 0.15) is 43.2 Å². The van der Waals surface area contributed by atoms with Crippen LogP contribution in [0.5, 0.6) is 0 Å². The van der Waals surface area contributed by atoms with Gasteiger partial charge in [-0.25, -0.2) is 0 Å². The van der Waals surface area contributed by atoms with Gasteiger partial charge in [0.1, 0.15) is 0 Å². The number of nitrogens with two attached hydrogens (primary N) is 1. The highest BCUT2D eigenvalue weighted by atomic mass is 35.5. The third kappa shape index (κ3) is 2.72. The maximum absolute atomic E-state index is 6.16. The highest BCUT2D eigenvalue weighted by molar-refractivity contribution is 7.16. The van der Waals surface area contributed by atoms with Gasteiger partial charge in [0, 0.05) is 10.9 Å². The first-order valence-electron chi connectivity index (χ1n) is 5.07. The van der Waals surface area contributed by atoms with Gasteiger partial charge >= 0.3 is 0 Å². The SMILES string of the molecule is CCCC(C)C(N)c1cc(C)c(Cl)s1. The maximum atomic E-state index is 6.16. The fraction of sp³-hybridized carbons (Fsp3) is 0.636. The Morgan fingerprint density at radius 3 is 2.64 bits per heavy atom. The molecular weight excluding hydrogens is 214 g/mol. The Hall–Kier alpha value is -0.0500. The van der Waals surface area contributed by atoms with Crippen LogP contribution in [0.15, 0.2) is 6.07 Å². The Bertz CT molecular complexity index is 276. The molecule has 0 bridgehead atoms. The summed E-state index contributed by atoms with van der Waals surface area (Å²) in [6.45, 7) is 6.42. The quantitative estimate of drug-likeness (QED) is 0.828. The first-order valence-corrected chi connectivity index (χ1v) is 6.27. The Morgan fingerprint density at radius 2 is 2.21 bits per heavy atom. The molecule has 2 atom stereocenters. The van der Waals surface area contributed by atoms with Crippen molar-refractivity contribution in [2.75, 3.05) is 0 Å². The van der Waals surface area contributed by atoms with Crippen LogP contribution in [-0.4, -0.2) is 0 Å². The molecule has 2 unspecified atom stereocenters. The van der Waals surface area contributed by atoms with Crippen LogP contribution in [0.4, 0.5) is 0 Å². The van der Waals surface area contributed by atoms with Crippen molar-refractivity contribution in [1.29, 1.82) is 0 Å². The lowest BCUT2D eigenvalue weighted by Crippen LogP contribution is -2.17. The summed E-state index contributed by atoms with van der Waals surface area (Å²) in [4.78, 5) is 1.22. The van der Waals surface area contributed by atoms with E-state index in [9.17, 15) is 0 Å². The summed E-state index contributed by atoms with van der Waals surface area (Å²) in [5.74, 6) is 0.536. The fourth-order valence-electron chi connectivity index (χ4n) is 1.56. The first kappa shape index (κ1) is 12.0. The standard InChI is InChI=1S/C11H18ClNS/c1-4-5-7(2)10(13)9-6-8(3)11(12)14-9/h6-7,10H,4-5,13H2,1-3H3. The minimum atomic E-state index is 0.145. The summed E-state index contributed by atoms with van der Waals surface area (Å²) in [5.41, 5.74) is 7.30. The van der Waals surface area contributed by atoms with E-state index in [0.717, 1.165) is 9.90 Å². The van der Waals surface area contributed by atoms with Gasteiger partial charge in [0.05, 0.1) is 4.34 Å². The third-order valence-electron chi connectivity index (χ3n) is 2.56. The van der Waals surface area contributed by atoms with E-state index < -0.39 is 0 Å². The zero-order valence-electron chi connectivity index (χ0n) is 9.01. The summed E-state index contributed by atoms with van der Waals surface area (Å²) < 4.78 is 0.874. The second kappa shape index (κ2) is 5.15. The number of hydrogen-bond donors (Lipinski definition) is 1. The van der Waals surface area contributed by atoms with Gasteiger partial charge in [-0.2, -0.15) is 0 Å². The Labute approximate surface area is 95.3 Å². The average molecular weight is 232 g/mol. The van der Waals surface area contributed by atoms with Gasteiger partial charge in [-0.1, -0.05) is 31.9 Å². The molecule has 2 N–H and O–H groups in total. The number of rotatable bonds is 4. The molecule has 0 fully saturated rings. The summed E-state index contributed by atoms with van der Waals surface area (Å²) in [7, 11) is 0. The van der Waals surface area contributed by atoms with E-state index in [1.807, 2.05) is 6.92 Å². The second-order valence-corrected chi connectivity index (χ2v) is 5.58. The van der Waals surface area contributed by atoms with Gasteiger partial charge in [-0.15, -0.1) is 11.3 Å². The zero-order valence-corrected chi connectivity index (χ0v) is 10.6. The summed E-state index contributed by atoms with van der Waals surface area (Å²) in [5, 5.41) is 0. The van der Waals surface area contributed by atoms with Gasteiger partial charge in [-0.3, -0.25) is 0 Å². The van der Waals surface area contributed by atoms with Crippen molar-refractivity contribution in [2.45, 2.75) is 39.7 Å². The summed E-state index contributed by atoms with van der Waals surface area (Å²) in [6.07, 6.45) is 2.36. The average Bonchev–Trinajstić information content (AvgIpc) is 2.46. The van der Waals surface area contributed by atoms with E-state index in [1.54, 1.807) is 11.3 Å². The van der Waals surface area contributed by atoms with E-state index >= 15 is 0 Å². The van der Waals surface area contributed by atoms with Crippen molar-refractivity contribution in [2.24, 2.45) is 11.7 Å². The minimum Gasteiger partial charge on any atom is -0.323 e. The molecule has 14 heavy (non-hydrogen) atoms. The van der Waals surface area contributed by atoms with Crippen LogP contribution < -0.4 is 5.73 Å². The maximum Gasteiger partial charge on any atom is 0.0960 e. The van der Waals surface area contributed by atoms with Crippen molar-refractivity contribution >= 4 is 22.9 Å². The molecule has 0 aliphatic carbocycles. The van der Waals surface area contributed by atoms with Gasteiger partial charge < -0.3 is 5.73 Å². The number of thiophene rings is 1. The van der Waals surface area contributed by atoms with Gasteiger partial charge in [0.15, 0.2) is 0 Å². The Kier molecular flexibility index (Phi) is 4.42. The lowest BCUT2D eigenvalue weighted by atomic mass is 9.96. The molecule has 0 saturated carbocycles. The topological polar surface area (TPSA) is 26.0 Å². The third-order valence-corrected chi connectivity index (χ3v) is 4.22. The van der Waals surface area contributed by atoms with E-state index in [-0.39, 0.29) is 6.04 Å². The Morgan fingerprint density at radius 1 is 1.57 bits per heavy atom. The molecule has 1 heterocycles. The van der Waals surface area contributed by atoms with Gasteiger partial charge in [0.2, 0.25) is 0 Å². The van der Waals surface area contributed by atoms with Crippen LogP contribution in [0, 0.1) is 12.8 Å². The molecule has 0 radical (unpaired) electrons. The molecule has 1 aromatic rings. The van der Waals surface area contributed by atoms with Gasteiger partial charge in [0.25, 0.3) is 0 Å². The molecule has 0 aliphatic heterocycles. The molecule has 3 heteroatoms. The van der Waals surface area contributed by atoms with Crippen LogP contribution in [0.25, 0.3) is 0 Å². The molecule has 0 amide bonds. The zero-order chi connectivity index (χ0) is 10.7. The smallest absolute Gasteiger partial charge is 0.0960 e. The summed E-state index contributed by atoms with van der Waals surface area (Å²) in [6, 6.07) is 2.26. The number of halogens is 1. The fourth-order valence-corrected chi connectivity index (χ4v) is 2.92. The molecule has 1 aromatic heterocycles. The van der Waals surface area contributed by atoms with Crippen LogP contribution >= 0.6 is 22.9 Å². The largest absolute Gasteiger partial charge is 0.323 e. The van der Waals surface area contributed by atoms with E-state index in [4.69, 9.17) is 17.3 Å². The lowest BCUT2D eigenvalue weighted by Gasteiger charge is -2.17. The molecule has 0 aliphatic rings. The normalized spacial score (nSPS) is 15.5. The summed E-state index contributed by atoms with van der Waals surface area (Å²) >= 11 is 7.64. The minimum absolute atomic E-state index is 0.145. The monoisotopic (exact) mass is 231 g/mol. The van der Waals surface area contributed by atoms with Gasteiger partial charge in [-0.05, 0) is 30.9 Å². The second-order valence-electron chi connectivity index (χ2n) is 3.90. The van der Waals surface area contributed by atoms with Crippen LogP contribution in [0.2, 0.25) is 4.34 Å². The molecule has 0 saturated heterocycles. The molecule has 0 spiro atoms. The highest BCUT2D eigenvalue weighted by Gasteiger charge is 2.17. The predicted octanol–water partition coefficient (Wildman–Crippen LogP) is 4.15. The van der Waals surface area contributed by atoms with Crippen molar-refractivity contribution in [3.05, 3.63) is 20.8 Å². The molecule has 1 nitrogen and oxygen atoms in total. The van der Waals surface area contributed by atoms with Crippen LogP contribution in [-0.2, 0) is 0 Å². The van der Waals surface area contributed by atoms with Crippen molar-refractivity contribution in [3.8, 4) is 0 Å². The molecule has 80 valence electrons. The molecular formula is C11H18ClNS. The van der Waals surface area contributed by atoms with E-state index in [2.05, 4.69) is 19.9 Å². The van der Waals surface area contributed by atoms with Crippen molar-refractivity contribution in [3.63, 3.8) is 0 Å². The molecule has 0 aromatic carbocycles. The van der Waals surface area contributed by atoms with Crippen LogP contribution in [0.3, 0.4) is 0 Å². The number of aryl methyl sites for hydroxylation is 1. The predicted molar refractivity (Wildman–Crippen MR) is 65.1 cm³/mol. The molecule has 1 rings (SSSR count). The number of hydrogen-bond acceptors (Lipinski definition) is 2. The first-order chi connectivity index (χ1) is 6.56. The van der Waals surface area contributed by atoms with Crippen molar-refractivity contribution in [1.82, 2.24) is 0 Å². The highest BCUT2D eigenvalue weighted by Crippen LogP contribution is 2.33. The lowest BCUT2D eigenvalue weighted by molar-refractivity contribution is 0.438. The Balaban J connectivity index is 2.73. The van der Waals surface area contributed by atoms with E-state index in [1.165, 1.54) is 17.7 Å². The van der Waals surface area contributed by atoms with Crippen molar-refractivity contribution < 1.29 is 0 Å². The van der Waals surface area contributed by atoms with E-state index in [0.29, 0.717) is 5.92 Å².